The third-order valence-electron chi connectivity index (χ3n) is 10.3. The quantitative estimate of drug-likeness (QED) is 0.213. The normalized spacial score (nSPS) is 22.8. The van der Waals surface area contributed by atoms with Gasteiger partial charge in [-0.3, -0.25) is 9.59 Å². The minimum absolute atomic E-state index is 0.161. The smallest absolute Gasteiger partial charge is 0.275 e. The molecule has 1 amide bonds. The Morgan fingerprint density at radius 3 is 2.41 bits per heavy atom. The summed E-state index contributed by atoms with van der Waals surface area (Å²) in [5.74, 6) is 1.26. The van der Waals surface area contributed by atoms with Gasteiger partial charge in [0.1, 0.15) is 17.0 Å². The summed E-state index contributed by atoms with van der Waals surface area (Å²) in [5, 5.41) is 6.05. The molecule has 0 radical (unpaired) electrons. The number of carbonyl (C=O) groups is 2. The minimum atomic E-state index is -1.04. The van der Waals surface area contributed by atoms with Crippen LogP contribution in [0.3, 0.4) is 0 Å². The Hall–Kier alpha value is -4.91. The van der Waals surface area contributed by atoms with Crippen LogP contribution in [-0.2, 0) is 15.7 Å². The van der Waals surface area contributed by atoms with Crippen molar-refractivity contribution >= 4 is 29.8 Å². The van der Waals surface area contributed by atoms with Crippen LogP contribution in [0.4, 0.5) is 11.4 Å². The molecule has 0 N–H and O–H groups in total. The fourth-order valence-corrected chi connectivity index (χ4v) is 8.09. The molecule has 234 valence electrons. The number of amides is 1. The summed E-state index contributed by atoms with van der Waals surface area (Å²) in [4.78, 5) is 30.3. The number of carbonyl (C=O) groups excluding carboxylic acids is 2. The van der Waals surface area contributed by atoms with Crippen molar-refractivity contribution in [2.24, 2.45) is 5.10 Å². The van der Waals surface area contributed by atoms with Crippen molar-refractivity contribution < 1.29 is 14.3 Å². The van der Waals surface area contributed by atoms with E-state index in [1.807, 2.05) is 24.3 Å². The van der Waals surface area contributed by atoms with Gasteiger partial charge in [0.2, 0.25) is 0 Å². The highest BCUT2D eigenvalue weighted by Gasteiger charge is 2.58. The van der Waals surface area contributed by atoms with Crippen molar-refractivity contribution in [3.63, 3.8) is 0 Å². The third kappa shape index (κ3) is 4.14. The monoisotopic (exact) mass is 612 g/mol. The maximum absolute atomic E-state index is 14.1. The van der Waals surface area contributed by atoms with Gasteiger partial charge in [-0.25, -0.2) is 5.01 Å². The van der Waals surface area contributed by atoms with Gasteiger partial charge >= 0.3 is 0 Å². The molecule has 0 saturated heterocycles. The van der Waals surface area contributed by atoms with Crippen molar-refractivity contribution in [2.75, 3.05) is 29.9 Å². The number of ether oxygens (including phenoxy) is 1. The van der Waals surface area contributed by atoms with E-state index in [2.05, 4.69) is 104 Å². The van der Waals surface area contributed by atoms with Crippen LogP contribution in [0.15, 0.2) is 107 Å². The van der Waals surface area contributed by atoms with E-state index >= 15 is 0 Å². The van der Waals surface area contributed by atoms with Crippen LogP contribution in [0.25, 0.3) is 0 Å². The number of benzene rings is 3. The van der Waals surface area contributed by atoms with Crippen LogP contribution in [0, 0.1) is 0 Å². The second kappa shape index (κ2) is 11.2. The van der Waals surface area contributed by atoms with Crippen LogP contribution in [0.5, 0.6) is 5.75 Å². The zero-order chi connectivity index (χ0) is 32.2. The lowest BCUT2D eigenvalue weighted by Gasteiger charge is -2.45. The first kappa shape index (κ1) is 29.8. The number of hydrogen-bond acceptors (Lipinski definition) is 6. The molecule has 7 nitrogen and oxygen atoms in total. The number of rotatable bonds is 6. The van der Waals surface area contributed by atoms with E-state index in [0.29, 0.717) is 17.6 Å². The van der Waals surface area contributed by atoms with Crippen molar-refractivity contribution in [1.82, 2.24) is 5.01 Å². The SMILES string of the molecule is CCN(CC)c1ccc2c(c1)OC1=C(CCC/C1=C\C=C1\N(C)c3ccccc3C1(C)C)C21c2ccccc2C(=O)N1/N=C\C=O. The Labute approximate surface area is 271 Å². The van der Waals surface area contributed by atoms with E-state index in [4.69, 9.17) is 4.74 Å². The zero-order valence-electron chi connectivity index (χ0n) is 27.2. The lowest BCUT2D eigenvalue weighted by Crippen LogP contribution is -2.47. The Morgan fingerprint density at radius 1 is 0.935 bits per heavy atom. The number of likely N-dealkylation sites (N-methyl/N-ethyl adjacent to an activating group) is 1. The van der Waals surface area contributed by atoms with Gasteiger partial charge in [0.25, 0.3) is 5.91 Å². The maximum Gasteiger partial charge on any atom is 0.275 e. The second-order valence-corrected chi connectivity index (χ2v) is 12.8. The van der Waals surface area contributed by atoms with Gasteiger partial charge < -0.3 is 14.5 Å². The average Bonchev–Trinajstić information content (AvgIpc) is 3.43. The minimum Gasteiger partial charge on any atom is -0.457 e. The Morgan fingerprint density at radius 2 is 1.67 bits per heavy atom. The number of nitrogens with zero attached hydrogens (tertiary/aromatic N) is 4. The van der Waals surface area contributed by atoms with Gasteiger partial charge in [0.15, 0.2) is 6.29 Å². The average molecular weight is 613 g/mol. The predicted octanol–water partition coefficient (Wildman–Crippen LogP) is 7.49. The molecule has 0 saturated carbocycles. The molecule has 3 aromatic rings. The summed E-state index contributed by atoms with van der Waals surface area (Å²) < 4.78 is 6.96. The Bertz CT molecular complexity index is 1880. The summed E-state index contributed by atoms with van der Waals surface area (Å²) >= 11 is 0. The standard InChI is InChI=1S/C39H40N4O3/c1-6-42(7-2)27-20-21-31-34(25-27)46-36-26(19-22-35-38(3,4)30-16-10-11-18-33(30)41(35)5)13-12-17-32(36)39(31)29-15-9-8-14-28(29)37(45)43(39)40-23-24-44/h8-11,14-16,18-25H,6-7,12-13,17H2,1-5H3/b26-19+,35-22+,40-23-. The molecule has 3 aliphatic heterocycles. The Balaban J connectivity index is 1.47. The molecule has 3 aromatic carbocycles. The second-order valence-electron chi connectivity index (χ2n) is 12.8. The number of aldehydes is 1. The van der Waals surface area contributed by atoms with E-state index in [1.54, 1.807) is 0 Å². The van der Waals surface area contributed by atoms with Crippen LogP contribution in [0.2, 0.25) is 0 Å². The highest BCUT2D eigenvalue weighted by atomic mass is 16.5. The molecule has 7 rings (SSSR count). The molecule has 1 aliphatic carbocycles. The molecular formula is C39H40N4O3. The summed E-state index contributed by atoms with van der Waals surface area (Å²) in [6.45, 7) is 10.5. The number of hydrazone groups is 1. The van der Waals surface area contributed by atoms with Gasteiger partial charge in [-0.05, 0) is 68.5 Å². The number of hydrogen-bond donors (Lipinski definition) is 0. The molecule has 0 bridgehead atoms. The van der Waals surface area contributed by atoms with Gasteiger partial charge in [0.05, 0.1) is 6.21 Å². The summed E-state index contributed by atoms with van der Waals surface area (Å²) in [6.07, 6.45) is 8.71. The van der Waals surface area contributed by atoms with E-state index in [1.165, 1.54) is 28.2 Å². The van der Waals surface area contributed by atoms with Crippen molar-refractivity contribution in [3.8, 4) is 5.75 Å². The van der Waals surface area contributed by atoms with E-state index in [0.717, 1.165) is 66.1 Å². The topological polar surface area (TPSA) is 65.5 Å². The number of anilines is 2. The van der Waals surface area contributed by atoms with Crippen LogP contribution in [0.1, 0.15) is 74.0 Å². The lowest BCUT2D eigenvalue weighted by atomic mass is 9.70. The van der Waals surface area contributed by atoms with Crippen molar-refractivity contribution in [3.05, 3.63) is 124 Å². The fourth-order valence-electron chi connectivity index (χ4n) is 8.09. The van der Waals surface area contributed by atoms with Crippen molar-refractivity contribution in [1.29, 1.82) is 0 Å². The summed E-state index contributed by atoms with van der Waals surface area (Å²) in [7, 11) is 2.13. The first-order chi connectivity index (χ1) is 22.3. The number of para-hydroxylation sites is 1. The predicted molar refractivity (Wildman–Crippen MR) is 183 cm³/mol. The highest BCUT2D eigenvalue weighted by molar-refractivity contribution is 6.13. The third-order valence-corrected chi connectivity index (χ3v) is 10.3. The van der Waals surface area contributed by atoms with E-state index in [-0.39, 0.29) is 11.3 Å². The Kier molecular flexibility index (Phi) is 7.23. The van der Waals surface area contributed by atoms with Gasteiger partial charge in [0, 0.05) is 71.0 Å². The molecule has 1 unspecified atom stereocenters. The zero-order valence-corrected chi connectivity index (χ0v) is 27.2. The van der Waals surface area contributed by atoms with Crippen LogP contribution >= 0.6 is 0 Å². The number of fused-ring (bicyclic) bond motifs is 6. The van der Waals surface area contributed by atoms with E-state index < -0.39 is 5.54 Å². The first-order valence-corrected chi connectivity index (χ1v) is 16.3. The molecule has 0 aromatic heterocycles. The lowest BCUT2D eigenvalue weighted by molar-refractivity contribution is -0.102. The first-order valence-electron chi connectivity index (χ1n) is 16.3. The van der Waals surface area contributed by atoms with Gasteiger partial charge in [-0.1, -0.05) is 62.4 Å². The molecule has 1 atom stereocenters. The molecule has 4 aliphatic rings. The van der Waals surface area contributed by atoms with Crippen LogP contribution in [-0.4, -0.2) is 43.6 Å². The number of allylic oxidation sites excluding steroid dienone is 4. The maximum atomic E-state index is 14.1. The van der Waals surface area contributed by atoms with Crippen molar-refractivity contribution in [2.45, 2.75) is 57.9 Å². The molecular weight excluding hydrogens is 572 g/mol. The molecule has 0 fully saturated rings. The van der Waals surface area contributed by atoms with Crippen LogP contribution < -0.4 is 14.5 Å². The molecule has 3 heterocycles. The highest BCUT2D eigenvalue weighted by Crippen LogP contribution is 2.59. The fraction of sp³-hybridized carbons (Fsp3) is 0.308. The van der Waals surface area contributed by atoms with Gasteiger partial charge in [-0.15, -0.1) is 0 Å². The molecule has 46 heavy (non-hydrogen) atoms. The molecule has 1 spiro atoms. The van der Waals surface area contributed by atoms with Gasteiger partial charge in [-0.2, -0.15) is 5.10 Å². The van der Waals surface area contributed by atoms with E-state index in [9.17, 15) is 9.59 Å². The molecule has 7 heteroatoms. The summed E-state index contributed by atoms with van der Waals surface area (Å²) in [6, 6.07) is 22.6. The summed E-state index contributed by atoms with van der Waals surface area (Å²) in [5.41, 5.74) is 7.98. The largest absolute Gasteiger partial charge is 0.457 e.